The molecule has 9 nitrogen and oxygen atoms in total. The average molecular weight is 548 g/mol. The molecule has 10 heteroatoms. The molecular weight excluding hydrogens is 518 g/mol. The second-order valence-electron chi connectivity index (χ2n) is 8.85. The van der Waals surface area contributed by atoms with Crippen LogP contribution in [0.2, 0.25) is 0 Å². The average Bonchev–Trinajstić information content (AvgIpc) is 3.56. The first-order chi connectivity index (χ1) is 18.8. The van der Waals surface area contributed by atoms with E-state index in [-0.39, 0.29) is 18.2 Å². The summed E-state index contributed by atoms with van der Waals surface area (Å²) in [6, 6.07) is 20.7. The molecule has 4 N–H and O–H groups in total. The number of imidazole rings is 1. The van der Waals surface area contributed by atoms with E-state index < -0.39 is 18.2 Å². The van der Waals surface area contributed by atoms with E-state index in [0.29, 0.717) is 29.4 Å². The largest absolute Gasteiger partial charge is 0.497 e. The van der Waals surface area contributed by atoms with Crippen molar-refractivity contribution in [3.8, 4) is 27.7 Å². The molecule has 2 aromatic carbocycles. The highest BCUT2D eigenvalue weighted by atomic mass is 32.1. The number of carboxylic acid groups (broad SMARTS) is 1. The van der Waals surface area contributed by atoms with Crippen LogP contribution in [0.15, 0.2) is 72.8 Å². The van der Waals surface area contributed by atoms with Crippen LogP contribution in [0, 0.1) is 0 Å². The van der Waals surface area contributed by atoms with E-state index in [1.54, 1.807) is 25.3 Å². The van der Waals surface area contributed by atoms with E-state index in [1.165, 1.54) is 17.4 Å². The highest BCUT2D eigenvalue weighted by Crippen LogP contribution is 2.35. The smallest absolute Gasteiger partial charge is 0.328 e. The maximum Gasteiger partial charge on any atom is 0.328 e. The Hall–Kier alpha value is -4.25. The Morgan fingerprint density at radius 3 is 2.44 bits per heavy atom. The van der Waals surface area contributed by atoms with Crippen LogP contribution in [-0.2, 0) is 11.3 Å². The molecule has 1 unspecified atom stereocenters. The highest BCUT2D eigenvalue weighted by Gasteiger charge is 2.27. The molecule has 0 saturated carbocycles. The fourth-order valence-corrected chi connectivity index (χ4v) is 5.05. The van der Waals surface area contributed by atoms with Crippen molar-refractivity contribution in [1.82, 2.24) is 14.9 Å². The van der Waals surface area contributed by atoms with E-state index >= 15 is 0 Å². The third-order valence-electron chi connectivity index (χ3n) is 6.05. The van der Waals surface area contributed by atoms with Gasteiger partial charge in [-0.05, 0) is 54.0 Å². The number of aliphatic hydroxyl groups excluding tert-OH is 1. The van der Waals surface area contributed by atoms with Gasteiger partial charge in [-0.1, -0.05) is 37.3 Å². The molecule has 0 bridgehead atoms. The summed E-state index contributed by atoms with van der Waals surface area (Å²) >= 11 is 1.35. The van der Waals surface area contributed by atoms with Crippen molar-refractivity contribution >= 4 is 29.3 Å². The lowest BCUT2D eigenvalue weighted by Crippen LogP contribution is -2.33. The Balaban J connectivity index is 1.89. The number of nitrogens with zero attached hydrogens (tertiary/aromatic N) is 2. The molecule has 4 aromatic rings. The summed E-state index contributed by atoms with van der Waals surface area (Å²) in [5.74, 6) is -0.355. The lowest BCUT2D eigenvalue weighted by Gasteiger charge is -2.18. The van der Waals surface area contributed by atoms with Gasteiger partial charge in [0.1, 0.15) is 17.1 Å². The first-order valence-electron chi connectivity index (χ1n) is 12.2. The van der Waals surface area contributed by atoms with Gasteiger partial charge in [0, 0.05) is 23.1 Å². The molecule has 202 valence electrons. The minimum absolute atomic E-state index is 0.00388. The number of nitrogens with one attached hydrogen (secondary N) is 1. The number of aliphatic carboxylic acids is 1. The third-order valence-corrected chi connectivity index (χ3v) is 7.10. The second-order valence-corrected chi connectivity index (χ2v) is 9.96. The standard InChI is InChI=1S/C29H29N3O6S/c1-18(19-6-4-3-5-7-19)17-32-27(29(37)30-16-25(35)36)26(20-8-10-21(38-2)11-9-20)31-28(32)23-14-12-22(39-23)13-15-24(33)34/h3-15,18,25,35-36H,16-17H2,1-2H3,(H,30,37)(H,33,34). The molecule has 1 atom stereocenters. The fraction of sp³-hybridized carbons (Fsp3) is 0.207. The first kappa shape index (κ1) is 27.8. The van der Waals surface area contributed by atoms with Crippen molar-refractivity contribution in [1.29, 1.82) is 0 Å². The number of methoxy groups -OCH3 is 1. The van der Waals surface area contributed by atoms with Crippen LogP contribution in [0.1, 0.15) is 33.8 Å². The Morgan fingerprint density at radius 1 is 1.08 bits per heavy atom. The SMILES string of the molecule is COc1ccc(-c2nc(-c3ccc(C=CC(=O)O)s3)n(CC(C)c3ccccc3)c2C(=O)NCC(O)O)cc1. The Labute approximate surface area is 229 Å². The van der Waals surface area contributed by atoms with E-state index in [1.807, 2.05) is 53.1 Å². The topological polar surface area (TPSA) is 134 Å². The molecule has 39 heavy (non-hydrogen) atoms. The van der Waals surface area contributed by atoms with Gasteiger partial charge in [0.25, 0.3) is 5.91 Å². The lowest BCUT2D eigenvalue weighted by atomic mass is 10.0. The van der Waals surface area contributed by atoms with Gasteiger partial charge in [-0.2, -0.15) is 0 Å². The minimum atomic E-state index is -1.71. The summed E-state index contributed by atoms with van der Waals surface area (Å²) < 4.78 is 7.12. The van der Waals surface area contributed by atoms with Crippen molar-refractivity contribution in [2.24, 2.45) is 0 Å². The van der Waals surface area contributed by atoms with Crippen molar-refractivity contribution in [3.05, 3.63) is 88.9 Å². The zero-order valence-corrected chi connectivity index (χ0v) is 22.3. The number of ether oxygens (including phenoxy) is 1. The van der Waals surface area contributed by atoms with Gasteiger partial charge >= 0.3 is 5.97 Å². The number of hydrogen-bond donors (Lipinski definition) is 4. The summed E-state index contributed by atoms with van der Waals surface area (Å²) in [7, 11) is 1.57. The molecule has 0 aliphatic heterocycles. The summed E-state index contributed by atoms with van der Waals surface area (Å²) in [4.78, 5) is 30.9. The number of carbonyl (C=O) groups excluding carboxylic acids is 1. The maximum atomic E-state index is 13.5. The van der Waals surface area contributed by atoms with Crippen LogP contribution in [-0.4, -0.2) is 56.7 Å². The minimum Gasteiger partial charge on any atom is -0.497 e. The van der Waals surface area contributed by atoms with Crippen LogP contribution in [0.25, 0.3) is 28.0 Å². The summed E-state index contributed by atoms with van der Waals surface area (Å²) in [6.07, 6.45) is 0.872. The van der Waals surface area contributed by atoms with Crippen molar-refractivity contribution in [2.75, 3.05) is 13.7 Å². The molecule has 2 aromatic heterocycles. The number of aromatic nitrogens is 2. The van der Waals surface area contributed by atoms with Crippen LogP contribution in [0.5, 0.6) is 5.75 Å². The fourth-order valence-electron chi connectivity index (χ4n) is 4.14. The number of aliphatic hydroxyl groups is 2. The van der Waals surface area contributed by atoms with Crippen molar-refractivity contribution in [2.45, 2.75) is 25.7 Å². The zero-order valence-electron chi connectivity index (χ0n) is 21.4. The number of rotatable bonds is 11. The third kappa shape index (κ3) is 6.80. The van der Waals surface area contributed by atoms with Gasteiger partial charge in [-0.3, -0.25) is 4.79 Å². The molecule has 0 fully saturated rings. The van der Waals surface area contributed by atoms with Crippen LogP contribution < -0.4 is 10.1 Å². The van der Waals surface area contributed by atoms with Gasteiger partial charge in [0.05, 0.1) is 18.5 Å². The molecule has 4 rings (SSSR count). The normalized spacial score (nSPS) is 12.1. The number of benzene rings is 2. The number of hydrogen-bond acceptors (Lipinski definition) is 7. The molecule has 0 saturated heterocycles. The zero-order chi connectivity index (χ0) is 27.9. The molecule has 0 aliphatic rings. The molecule has 0 spiro atoms. The quantitative estimate of drug-likeness (QED) is 0.163. The Kier molecular flexibility index (Phi) is 8.92. The number of carboxylic acids is 1. The van der Waals surface area contributed by atoms with Gasteiger partial charge in [0.15, 0.2) is 12.1 Å². The van der Waals surface area contributed by atoms with Gasteiger partial charge in [-0.15, -0.1) is 11.3 Å². The van der Waals surface area contributed by atoms with E-state index in [9.17, 15) is 19.8 Å². The van der Waals surface area contributed by atoms with E-state index in [0.717, 1.165) is 21.4 Å². The maximum absolute atomic E-state index is 13.5. The molecule has 2 heterocycles. The highest BCUT2D eigenvalue weighted by molar-refractivity contribution is 7.16. The molecule has 0 radical (unpaired) electrons. The number of thiophene rings is 1. The molecule has 1 amide bonds. The number of carbonyl (C=O) groups is 2. The summed E-state index contributed by atoms with van der Waals surface area (Å²) in [5.41, 5.74) is 2.46. The Morgan fingerprint density at radius 2 is 1.79 bits per heavy atom. The van der Waals surface area contributed by atoms with E-state index in [4.69, 9.17) is 14.8 Å². The predicted octanol–water partition coefficient (Wildman–Crippen LogP) is 4.23. The van der Waals surface area contributed by atoms with Crippen molar-refractivity contribution < 1.29 is 29.6 Å². The van der Waals surface area contributed by atoms with Gasteiger partial charge in [-0.25, -0.2) is 9.78 Å². The lowest BCUT2D eigenvalue weighted by molar-refractivity contribution is -0.131. The van der Waals surface area contributed by atoms with Crippen LogP contribution >= 0.6 is 11.3 Å². The van der Waals surface area contributed by atoms with Gasteiger partial charge < -0.3 is 29.9 Å². The monoisotopic (exact) mass is 547 g/mol. The molecular formula is C29H29N3O6S. The van der Waals surface area contributed by atoms with Crippen molar-refractivity contribution in [3.63, 3.8) is 0 Å². The first-order valence-corrected chi connectivity index (χ1v) is 13.0. The predicted molar refractivity (Wildman–Crippen MR) is 150 cm³/mol. The molecule has 0 aliphatic carbocycles. The summed E-state index contributed by atoms with van der Waals surface area (Å²) in [5, 5.41) is 30.4. The number of amides is 1. The Bertz CT molecular complexity index is 1460. The van der Waals surface area contributed by atoms with Crippen LogP contribution in [0.3, 0.4) is 0 Å². The van der Waals surface area contributed by atoms with E-state index in [2.05, 4.69) is 12.2 Å². The summed E-state index contributed by atoms with van der Waals surface area (Å²) in [6.45, 7) is 2.12. The van der Waals surface area contributed by atoms with Gasteiger partial charge in [0.2, 0.25) is 0 Å². The van der Waals surface area contributed by atoms with Crippen LogP contribution in [0.4, 0.5) is 0 Å². The second kappa shape index (κ2) is 12.5.